The molecule has 1 fully saturated rings. The lowest BCUT2D eigenvalue weighted by atomic mass is 10.2. The van der Waals surface area contributed by atoms with Gasteiger partial charge in [0.05, 0.1) is 6.61 Å². The molecule has 1 aromatic carbocycles. The zero-order valence-corrected chi connectivity index (χ0v) is 13.1. The fourth-order valence-electron chi connectivity index (χ4n) is 2.12. The summed E-state index contributed by atoms with van der Waals surface area (Å²) in [5.74, 6) is 0.894. The number of likely N-dealkylation sites (N-methyl/N-ethyl adjacent to an activating group) is 1. The Morgan fingerprint density at radius 2 is 2.37 bits per heavy atom. The van der Waals surface area contributed by atoms with Gasteiger partial charge in [-0.15, -0.1) is 0 Å². The highest BCUT2D eigenvalue weighted by molar-refractivity contribution is 9.10. The SMILES string of the molecule is CNCc1cc(OCC2CN(C)CCO2)ccc1Br. The molecule has 1 atom stereocenters. The number of ether oxygens (including phenoxy) is 2. The Labute approximate surface area is 123 Å². The van der Waals surface area contributed by atoms with Gasteiger partial charge in [-0.3, -0.25) is 0 Å². The predicted octanol–water partition coefficient (Wildman–Crippen LogP) is 1.88. The van der Waals surface area contributed by atoms with E-state index in [-0.39, 0.29) is 6.10 Å². The highest BCUT2D eigenvalue weighted by atomic mass is 79.9. The lowest BCUT2D eigenvalue weighted by molar-refractivity contribution is -0.0403. The average Bonchev–Trinajstić information content (AvgIpc) is 2.40. The first kappa shape index (κ1) is 14.8. The maximum atomic E-state index is 5.84. The van der Waals surface area contributed by atoms with Crippen molar-refractivity contribution in [2.45, 2.75) is 12.6 Å². The molecule has 1 heterocycles. The van der Waals surface area contributed by atoms with E-state index in [0.717, 1.165) is 36.5 Å². The summed E-state index contributed by atoms with van der Waals surface area (Å²) in [7, 11) is 4.05. The molecule has 0 aromatic heterocycles. The van der Waals surface area contributed by atoms with Crippen molar-refractivity contribution in [3.8, 4) is 5.75 Å². The molecule has 0 radical (unpaired) electrons. The Kier molecular flexibility index (Phi) is 5.63. The molecule has 19 heavy (non-hydrogen) atoms. The summed E-state index contributed by atoms with van der Waals surface area (Å²) in [6.45, 7) is 4.14. The minimum Gasteiger partial charge on any atom is -0.491 e. The summed E-state index contributed by atoms with van der Waals surface area (Å²) in [6.07, 6.45) is 0.162. The molecule has 2 rings (SSSR count). The molecule has 1 aliphatic rings. The molecule has 106 valence electrons. The molecule has 0 amide bonds. The van der Waals surface area contributed by atoms with Gasteiger partial charge >= 0.3 is 0 Å². The second-order valence-electron chi connectivity index (χ2n) is 4.85. The number of hydrogen-bond acceptors (Lipinski definition) is 4. The standard InChI is InChI=1S/C14H21BrN2O2/c1-16-8-11-7-12(3-4-14(11)15)19-10-13-9-17(2)5-6-18-13/h3-4,7,13,16H,5-6,8-10H2,1-2H3. The van der Waals surface area contributed by atoms with Crippen molar-refractivity contribution in [3.63, 3.8) is 0 Å². The number of rotatable bonds is 5. The predicted molar refractivity (Wildman–Crippen MR) is 79.6 cm³/mol. The van der Waals surface area contributed by atoms with Crippen LogP contribution in [0.5, 0.6) is 5.75 Å². The van der Waals surface area contributed by atoms with Gasteiger partial charge in [0.1, 0.15) is 18.5 Å². The third-order valence-electron chi connectivity index (χ3n) is 3.16. The van der Waals surface area contributed by atoms with Gasteiger partial charge in [0.2, 0.25) is 0 Å². The number of nitrogens with one attached hydrogen (secondary N) is 1. The van der Waals surface area contributed by atoms with E-state index >= 15 is 0 Å². The number of benzene rings is 1. The van der Waals surface area contributed by atoms with Crippen LogP contribution < -0.4 is 10.1 Å². The van der Waals surface area contributed by atoms with Crippen LogP contribution in [0.4, 0.5) is 0 Å². The average molecular weight is 329 g/mol. The Morgan fingerprint density at radius 1 is 1.53 bits per heavy atom. The van der Waals surface area contributed by atoms with Gasteiger partial charge in [0.15, 0.2) is 0 Å². The molecule has 0 bridgehead atoms. The first-order chi connectivity index (χ1) is 9.19. The van der Waals surface area contributed by atoms with Crippen molar-refractivity contribution in [1.29, 1.82) is 0 Å². The maximum Gasteiger partial charge on any atom is 0.119 e. The molecule has 1 aromatic rings. The van der Waals surface area contributed by atoms with Gasteiger partial charge in [-0.25, -0.2) is 0 Å². The Bertz CT molecular complexity index is 414. The molecule has 0 spiro atoms. The summed E-state index contributed by atoms with van der Waals surface area (Å²) < 4.78 is 12.6. The maximum absolute atomic E-state index is 5.84. The van der Waals surface area contributed by atoms with Crippen LogP contribution >= 0.6 is 15.9 Å². The fourth-order valence-corrected chi connectivity index (χ4v) is 2.51. The molecule has 1 N–H and O–H groups in total. The largest absolute Gasteiger partial charge is 0.491 e. The minimum absolute atomic E-state index is 0.162. The lowest BCUT2D eigenvalue weighted by Crippen LogP contribution is -2.42. The van der Waals surface area contributed by atoms with Crippen LogP contribution in [0.1, 0.15) is 5.56 Å². The molecule has 1 aliphatic heterocycles. The van der Waals surface area contributed by atoms with E-state index in [2.05, 4.69) is 39.3 Å². The van der Waals surface area contributed by atoms with Crippen molar-refractivity contribution in [2.24, 2.45) is 0 Å². The van der Waals surface area contributed by atoms with Crippen LogP contribution in [0.15, 0.2) is 22.7 Å². The number of morpholine rings is 1. The summed E-state index contributed by atoms with van der Waals surface area (Å²) in [5.41, 5.74) is 1.20. The van der Waals surface area contributed by atoms with Gasteiger partial charge in [-0.05, 0) is 37.9 Å². The number of halogens is 1. The zero-order valence-electron chi connectivity index (χ0n) is 11.5. The molecular weight excluding hydrogens is 308 g/mol. The smallest absolute Gasteiger partial charge is 0.119 e. The second-order valence-corrected chi connectivity index (χ2v) is 5.70. The normalized spacial score (nSPS) is 20.5. The van der Waals surface area contributed by atoms with E-state index in [1.807, 2.05) is 19.2 Å². The van der Waals surface area contributed by atoms with Crippen LogP contribution in [-0.2, 0) is 11.3 Å². The molecule has 4 nitrogen and oxygen atoms in total. The topological polar surface area (TPSA) is 33.7 Å². The summed E-state index contributed by atoms with van der Waals surface area (Å²) in [5, 5.41) is 3.15. The van der Waals surface area contributed by atoms with E-state index in [9.17, 15) is 0 Å². The molecule has 1 saturated heterocycles. The minimum atomic E-state index is 0.162. The Balaban J connectivity index is 1.90. The van der Waals surface area contributed by atoms with E-state index in [1.165, 1.54) is 5.56 Å². The number of nitrogens with zero attached hydrogens (tertiary/aromatic N) is 1. The van der Waals surface area contributed by atoms with E-state index in [0.29, 0.717) is 6.61 Å². The van der Waals surface area contributed by atoms with E-state index < -0.39 is 0 Å². The quantitative estimate of drug-likeness (QED) is 0.894. The van der Waals surface area contributed by atoms with E-state index in [1.54, 1.807) is 0 Å². The fraction of sp³-hybridized carbons (Fsp3) is 0.571. The summed E-state index contributed by atoms with van der Waals surface area (Å²) >= 11 is 3.54. The summed E-state index contributed by atoms with van der Waals surface area (Å²) in [4.78, 5) is 2.27. The highest BCUT2D eigenvalue weighted by Gasteiger charge is 2.18. The van der Waals surface area contributed by atoms with Crippen LogP contribution in [0.3, 0.4) is 0 Å². The zero-order chi connectivity index (χ0) is 13.7. The van der Waals surface area contributed by atoms with Gasteiger partial charge in [-0.2, -0.15) is 0 Å². The molecule has 1 unspecified atom stereocenters. The van der Waals surface area contributed by atoms with Gasteiger partial charge in [0.25, 0.3) is 0 Å². The third kappa shape index (κ3) is 4.45. The third-order valence-corrected chi connectivity index (χ3v) is 3.94. The van der Waals surface area contributed by atoms with E-state index in [4.69, 9.17) is 9.47 Å². The molecular formula is C14H21BrN2O2. The van der Waals surface area contributed by atoms with Crippen LogP contribution in [0.25, 0.3) is 0 Å². The monoisotopic (exact) mass is 328 g/mol. The van der Waals surface area contributed by atoms with Gasteiger partial charge < -0.3 is 19.7 Å². The second kappa shape index (κ2) is 7.24. The summed E-state index contributed by atoms with van der Waals surface area (Å²) in [6, 6.07) is 6.07. The molecule has 0 saturated carbocycles. The Hall–Kier alpha value is -0.620. The Morgan fingerprint density at radius 3 is 3.11 bits per heavy atom. The van der Waals surface area contributed by atoms with Crippen molar-refractivity contribution < 1.29 is 9.47 Å². The molecule has 5 heteroatoms. The van der Waals surface area contributed by atoms with Crippen LogP contribution in [0.2, 0.25) is 0 Å². The van der Waals surface area contributed by atoms with Crippen molar-refractivity contribution in [3.05, 3.63) is 28.2 Å². The van der Waals surface area contributed by atoms with Crippen LogP contribution in [-0.4, -0.2) is 51.4 Å². The van der Waals surface area contributed by atoms with Crippen molar-refractivity contribution >= 4 is 15.9 Å². The van der Waals surface area contributed by atoms with Gasteiger partial charge in [0, 0.05) is 24.1 Å². The highest BCUT2D eigenvalue weighted by Crippen LogP contribution is 2.23. The van der Waals surface area contributed by atoms with Crippen molar-refractivity contribution in [2.75, 3.05) is 40.4 Å². The van der Waals surface area contributed by atoms with Crippen LogP contribution in [0, 0.1) is 0 Å². The van der Waals surface area contributed by atoms with Crippen molar-refractivity contribution in [1.82, 2.24) is 10.2 Å². The lowest BCUT2D eigenvalue weighted by Gasteiger charge is -2.29. The first-order valence-electron chi connectivity index (χ1n) is 6.55. The van der Waals surface area contributed by atoms with Gasteiger partial charge in [-0.1, -0.05) is 15.9 Å². The first-order valence-corrected chi connectivity index (χ1v) is 7.34. The molecule has 0 aliphatic carbocycles. The number of hydrogen-bond donors (Lipinski definition) is 1.